The second-order valence-corrected chi connectivity index (χ2v) is 11.5. The number of piperazine rings is 1. The van der Waals surface area contributed by atoms with Gasteiger partial charge < -0.3 is 19.7 Å². The summed E-state index contributed by atoms with van der Waals surface area (Å²) in [6.45, 7) is 10.6. The molecule has 0 atom stereocenters. The molecule has 1 aliphatic heterocycles. The smallest absolute Gasteiger partial charge is 0.411 e. The first-order valence-electron chi connectivity index (χ1n) is 14.7. The molecule has 2 aromatic carbocycles. The summed E-state index contributed by atoms with van der Waals surface area (Å²) in [7, 11) is 0. The summed E-state index contributed by atoms with van der Waals surface area (Å²) < 4.78 is 11.7. The highest BCUT2D eigenvalue weighted by molar-refractivity contribution is 5.84. The number of hydrogen-bond acceptors (Lipinski definition) is 8. The number of anilines is 1. The Hall–Kier alpha value is -4.71. The summed E-state index contributed by atoms with van der Waals surface area (Å²) in [6, 6.07) is 17.9. The minimum atomic E-state index is -0.542. The standard InChI is InChI=1S/C32H40N6O6/c1-5-43-30(41)34-26-8-6-7-24(19-26)21-38-29(40)14-13-27(35-38)25-11-9-23(10-12-25)20-33-28(39)22-36-15-17-37(18-16-36)31(42)44-32(2,3)4/h6-14,19H,5,15-18,20-22H2,1-4H3,(H,33,39)(H,34,41). The Morgan fingerprint density at radius 3 is 2.34 bits per heavy atom. The molecule has 234 valence electrons. The highest BCUT2D eigenvalue weighted by Gasteiger charge is 2.26. The van der Waals surface area contributed by atoms with Gasteiger partial charge in [-0.3, -0.25) is 19.8 Å². The van der Waals surface area contributed by atoms with Crippen molar-refractivity contribution in [3.63, 3.8) is 0 Å². The Morgan fingerprint density at radius 1 is 0.932 bits per heavy atom. The van der Waals surface area contributed by atoms with Crippen LogP contribution in [0.2, 0.25) is 0 Å². The van der Waals surface area contributed by atoms with Gasteiger partial charge in [0.15, 0.2) is 0 Å². The number of hydrogen-bond donors (Lipinski definition) is 2. The van der Waals surface area contributed by atoms with E-state index in [-0.39, 0.29) is 37.3 Å². The van der Waals surface area contributed by atoms with E-state index in [4.69, 9.17) is 9.47 Å². The Morgan fingerprint density at radius 2 is 1.66 bits per heavy atom. The van der Waals surface area contributed by atoms with Crippen LogP contribution in [0, 0.1) is 0 Å². The topological polar surface area (TPSA) is 135 Å². The SMILES string of the molecule is CCOC(=O)Nc1cccc(Cn2nc(-c3ccc(CNC(=O)CN4CCN(C(=O)OC(C)(C)C)CC4)cc3)ccc2=O)c1. The molecule has 1 aromatic heterocycles. The zero-order valence-corrected chi connectivity index (χ0v) is 25.7. The van der Waals surface area contributed by atoms with Gasteiger partial charge in [0.05, 0.1) is 25.4 Å². The fraction of sp³-hybridized carbons (Fsp3) is 0.406. The normalized spacial score (nSPS) is 13.7. The van der Waals surface area contributed by atoms with Gasteiger partial charge in [-0.2, -0.15) is 5.10 Å². The zero-order chi connectivity index (χ0) is 31.7. The van der Waals surface area contributed by atoms with Crippen LogP contribution in [-0.4, -0.2) is 82.6 Å². The summed E-state index contributed by atoms with van der Waals surface area (Å²) >= 11 is 0. The molecule has 2 N–H and O–H groups in total. The number of nitrogens with zero attached hydrogens (tertiary/aromatic N) is 4. The monoisotopic (exact) mass is 604 g/mol. The van der Waals surface area contributed by atoms with Crippen molar-refractivity contribution in [3.05, 3.63) is 82.1 Å². The van der Waals surface area contributed by atoms with E-state index >= 15 is 0 Å². The molecule has 1 fully saturated rings. The zero-order valence-electron chi connectivity index (χ0n) is 25.7. The molecule has 12 nitrogen and oxygen atoms in total. The minimum absolute atomic E-state index is 0.0879. The summed E-state index contributed by atoms with van der Waals surface area (Å²) in [5.41, 5.74) is 2.96. The maximum atomic E-state index is 12.6. The Bertz CT molecular complexity index is 1510. The van der Waals surface area contributed by atoms with Gasteiger partial charge in [-0.15, -0.1) is 0 Å². The van der Waals surface area contributed by atoms with Crippen LogP contribution in [0.1, 0.15) is 38.8 Å². The number of rotatable bonds is 9. The number of amides is 3. The molecule has 1 aliphatic rings. The third-order valence-electron chi connectivity index (χ3n) is 6.78. The Kier molecular flexibility index (Phi) is 10.7. The first-order valence-corrected chi connectivity index (χ1v) is 14.7. The van der Waals surface area contributed by atoms with Crippen LogP contribution in [0.4, 0.5) is 15.3 Å². The van der Waals surface area contributed by atoms with E-state index in [9.17, 15) is 19.2 Å². The fourth-order valence-corrected chi connectivity index (χ4v) is 4.59. The van der Waals surface area contributed by atoms with Crippen LogP contribution < -0.4 is 16.2 Å². The van der Waals surface area contributed by atoms with Crippen LogP contribution in [0.15, 0.2) is 65.5 Å². The number of ether oxygens (including phenoxy) is 2. The predicted molar refractivity (Wildman–Crippen MR) is 166 cm³/mol. The molecule has 3 aromatic rings. The van der Waals surface area contributed by atoms with E-state index in [1.165, 1.54) is 10.7 Å². The predicted octanol–water partition coefficient (Wildman–Crippen LogP) is 3.70. The molecule has 12 heteroatoms. The summed E-state index contributed by atoms with van der Waals surface area (Å²) in [4.78, 5) is 52.8. The second kappa shape index (κ2) is 14.6. The van der Waals surface area contributed by atoms with Gasteiger partial charge in [0.25, 0.3) is 5.56 Å². The molecular weight excluding hydrogens is 564 g/mol. The largest absolute Gasteiger partial charge is 0.450 e. The molecule has 44 heavy (non-hydrogen) atoms. The van der Waals surface area contributed by atoms with Crippen molar-refractivity contribution in [3.8, 4) is 11.3 Å². The molecule has 0 spiro atoms. The van der Waals surface area contributed by atoms with Crippen LogP contribution in [-0.2, 0) is 27.4 Å². The number of benzene rings is 2. The van der Waals surface area contributed by atoms with Crippen LogP contribution in [0.5, 0.6) is 0 Å². The van der Waals surface area contributed by atoms with E-state index in [0.29, 0.717) is 44.1 Å². The quantitative estimate of drug-likeness (QED) is 0.378. The third kappa shape index (κ3) is 9.66. The number of carbonyl (C=O) groups is 3. The highest BCUT2D eigenvalue weighted by atomic mass is 16.6. The van der Waals surface area contributed by atoms with E-state index in [0.717, 1.165) is 16.7 Å². The van der Waals surface area contributed by atoms with Gasteiger partial charge >= 0.3 is 12.2 Å². The molecular formula is C32H40N6O6. The van der Waals surface area contributed by atoms with Crippen molar-refractivity contribution >= 4 is 23.8 Å². The second-order valence-electron chi connectivity index (χ2n) is 11.5. The average molecular weight is 605 g/mol. The molecule has 1 saturated heterocycles. The van der Waals surface area contributed by atoms with Gasteiger partial charge in [0.1, 0.15) is 5.60 Å². The summed E-state index contributed by atoms with van der Waals surface area (Å²) in [6.07, 6.45) is -0.866. The van der Waals surface area contributed by atoms with Gasteiger partial charge in [-0.05, 0) is 57.0 Å². The van der Waals surface area contributed by atoms with Crippen molar-refractivity contribution in [2.24, 2.45) is 0 Å². The average Bonchev–Trinajstić information content (AvgIpc) is 2.97. The maximum Gasteiger partial charge on any atom is 0.411 e. The highest BCUT2D eigenvalue weighted by Crippen LogP contribution is 2.18. The van der Waals surface area contributed by atoms with Crippen LogP contribution in [0.3, 0.4) is 0 Å². The fourth-order valence-electron chi connectivity index (χ4n) is 4.59. The number of nitrogens with one attached hydrogen (secondary N) is 2. The molecule has 0 aliphatic carbocycles. The van der Waals surface area contributed by atoms with Gasteiger partial charge in [-0.1, -0.05) is 36.4 Å². The summed E-state index contributed by atoms with van der Waals surface area (Å²) in [5, 5.41) is 10.2. The maximum absolute atomic E-state index is 12.6. The summed E-state index contributed by atoms with van der Waals surface area (Å²) in [5.74, 6) is -0.0879. The van der Waals surface area contributed by atoms with E-state index in [1.54, 1.807) is 36.1 Å². The Balaban J connectivity index is 1.28. The molecule has 0 radical (unpaired) electrons. The van der Waals surface area contributed by atoms with Gasteiger partial charge in [0.2, 0.25) is 5.91 Å². The van der Waals surface area contributed by atoms with E-state index < -0.39 is 11.7 Å². The number of carbonyl (C=O) groups excluding carboxylic acids is 3. The lowest BCUT2D eigenvalue weighted by molar-refractivity contribution is -0.122. The van der Waals surface area contributed by atoms with Crippen molar-refractivity contribution < 1.29 is 23.9 Å². The molecule has 0 saturated carbocycles. The lowest BCUT2D eigenvalue weighted by atomic mass is 10.1. The molecule has 0 unspecified atom stereocenters. The van der Waals surface area contributed by atoms with Crippen molar-refractivity contribution in [2.45, 2.75) is 46.4 Å². The third-order valence-corrected chi connectivity index (χ3v) is 6.78. The van der Waals surface area contributed by atoms with Gasteiger partial charge in [0, 0.05) is 50.0 Å². The molecule has 3 amide bonds. The van der Waals surface area contributed by atoms with E-state index in [1.807, 2.05) is 56.0 Å². The van der Waals surface area contributed by atoms with Gasteiger partial charge in [-0.25, -0.2) is 14.3 Å². The van der Waals surface area contributed by atoms with Crippen molar-refractivity contribution in [1.82, 2.24) is 24.9 Å². The molecule has 0 bridgehead atoms. The minimum Gasteiger partial charge on any atom is -0.450 e. The Labute approximate surface area is 256 Å². The van der Waals surface area contributed by atoms with Crippen molar-refractivity contribution in [2.75, 3.05) is 44.6 Å². The molecule has 2 heterocycles. The lowest BCUT2D eigenvalue weighted by Gasteiger charge is -2.35. The van der Waals surface area contributed by atoms with E-state index in [2.05, 4.69) is 15.7 Å². The number of aromatic nitrogens is 2. The van der Waals surface area contributed by atoms with Crippen molar-refractivity contribution in [1.29, 1.82) is 0 Å². The van der Waals surface area contributed by atoms with Crippen LogP contribution in [0.25, 0.3) is 11.3 Å². The first kappa shape index (κ1) is 32.2. The molecule has 4 rings (SSSR count). The first-order chi connectivity index (χ1) is 21.0. The lowest BCUT2D eigenvalue weighted by Crippen LogP contribution is -2.52. The van der Waals surface area contributed by atoms with Crippen LogP contribution >= 0.6 is 0 Å².